The average Bonchev–Trinajstić information content (AvgIpc) is 3.34. The van der Waals surface area contributed by atoms with Crippen LogP contribution >= 0.6 is 0 Å². The molecule has 1 aromatic heterocycles. The number of hydrogen-bond acceptors (Lipinski definition) is 4. The first-order valence-electron chi connectivity index (χ1n) is 9.03. The third kappa shape index (κ3) is 3.75. The van der Waals surface area contributed by atoms with Crippen molar-refractivity contribution in [1.29, 1.82) is 0 Å². The monoisotopic (exact) mass is 340 g/mol. The fraction of sp³-hybridized carbons (Fsp3) is 0.474. The highest BCUT2D eigenvalue weighted by Crippen LogP contribution is 2.16. The maximum Gasteiger partial charge on any atom is 0.257 e. The molecule has 6 nitrogen and oxygen atoms in total. The largest absolute Gasteiger partial charge is 0.377 e. The molecule has 0 spiro atoms. The highest BCUT2D eigenvalue weighted by atomic mass is 16.5. The van der Waals surface area contributed by atoms with Crippen LogP contribution in [0.25, 0.3) is 5.69 Å². The molecule has 2 aromatic rings. The van der Waals surface area contributed by atoms with Gasteiger partial charge in [0.05, 0.1) is 23.6 Å². The number of carbonyl (C=O) groups excluding carboxylic acids is 1. The van der Waals surface area contributed by atoms with Crippen LogP contribution in [0.5, 0.6) is 0 Å². The van der Waals surface area contributed by atoms with E-state index in [-0.39, 0.29) is 5.91 Å². The van der Waals surface area contributed by atoms with Crippen LogP contribution in [0.15, 0.2) is 42.7 Å². The Balaban J connectivity index is 1.34. The molecular formula is C19H24N4O2. The van der Waals surface area contributed by atoms with Crippen molar-refractivity contribution < 1.29 is 9.53 Å². The Hall–Kier alpha value is -2.18. The topological polar surface area (TPSA) is 50.6 Å². The molecule has 0 saturated carbocycles. The lowest BCUT2D eigenvalue weighted by molar-refractivity contribution is 0.0433. The number of nitrogens with zero attached hydrogens (tertiary/aromatic N) is 4. The SMILES string of the molecule is O=C(c1cnn(-c2ccccc2)c1)N1CCN(CC2CCCO2)CC1. The molecule has 2 fully saturated rings. The van der Waals surface area contributed by atoms with Crippen LogP contribution in [0, 0.1) is 0 Å². The highest BCUT2D eigenvalue weighted by Gasteiger charge is 2.26. The average molecular weight is 340 g/mol. The minimum absolute atomic E-state index is 0.0685. The summed E-state index contributed by atoms with van der Waals surface area (Å²) < 4.78 is 7.46. The second kappa shape index (κ2) is 7.37. The van der Waals surface area contributed by atoms with E-state index in [9.17, 15) is 4.79 Å². The van der Waals surface area contributed by atoms with E-state index in [1.807, 2.05) is 41.4 Å². The lowest BCUT2D eigenvalue weighted by atomic mass is 10.2. The Morgan fingerprint density at radius 1 is 1.16 bits per heavy atom. The third-order valence-electron chi connectivity index (χ3n) is 5.00. The Morgan fingerprint density at radius 2 is 1.96 bits per heavy atom. The molecule has 132 valence electrons. The number of rotatable bonds is 4. The van der Waals surface area contributed by atoms with E-state index in [0.717, 1.165) is 51.4 Å². The predicted molar refractivity (Wildman–Crippen MR) is 94.9 cm³/mol. The van der Waals surface area contributed by atoms with Gasteiger partial charge in [-0.3, -0.25) is 9.69 Å². The van der Waals surface area contributed by atoms with Crippen LogP contribution < -0.4 is 0 Å². The number of amides is 1. The normalized spacial score (nSPS) is 21.6. The molecule has 1 atom stereocenters. The zero-order chi connectivity index (χ0) is 17.1. The molecule has 0 radical (unpaired) electrons. The minimum atomic E-state index is 0.0685. The molecule has 0 bridgehead atoms. The summed E-state index contributed by atoms with van der Waals surface area (Å²) in [5, 5.41) is 4.33. The van der Waals surface area contributed by atoms with Crippen LogP contribution in [0.1, 0.15) is 23.2 Å². The summed E-state index contributed by atoms with van der Waals surface area (Å²) in [4.78, 5) is 17.1. The van der Waals surface area contributed by atoms with Gasteiger partial charge in [0.25, 0.3) is 5.91 Å². The van der Waals surface area contributed by atoms with Gasteiger partial charge in [-0.15, -0.1) is 0 Å². The first-order chi connectivity index (χ1) is 12.3. The van der Waals surface area contributed by atoms with Gasteiger partial charge >= 0.3 is 0 Å². The van der Waals surface area contributed by atoms with Gasteiger partial charge in [0.2, 0.25) is 0 Å². The van der Waals surface area contributed by atoms with E-state index < -0.39 is 0 Å². The van der Waals surface area contributed by atoms with Gasteiger partial charge in [-0.1, -0.05) is 18.2 Å². The van der Waals surface area contributed by atoms with Gasteiger partial charge in [-0.25, -0.2) is 4.68 Å². The lowest BCUT2D eigenvalue weighted by Crippen LogP contribution is -2.50. The van der Waals surface area contributed by atoms with E-state index in [0.29, 0.717) is 11.7 Å². The van der Waals surface area contributed by atoms with Gasteiger partial charge in [0, 0.05) is 45.5 Å². The third-order valence-corrected chi connectivity index (χ3v) is 5.00. The number of hydrogen-bond donors (Lipinski definition) is 0. The molecule has 1 unspecified atom stereocenters. The van der Waals surface area contributed by atoms with E-state index in [1.54, 1.807) is 10.9 Å². The van der Waals surface area contributed by atoms with Crippen molar-refractivity contribution in [2.45, 2.75) is 18.9 Å². The number of ether oxygens (including phenoxy) is 1. The summed E-state index contributed by atoms with van der Waals surface area (Å²) in [6.07, 6.45) is 6.20. The Kier molecular flexibility index (Phi) is 4.81. The van der Waals surface area contributed by atoms with E-state index in [2.05, 4.69) is 10.00 Å². The van der Waals surface area contributed by atoms with Crippen molar-refractivity contribution in [2.24, 2.45) is 0 Å². The molecule has 2 saturated heterocycles. The zero-order valence-corrected chi connectivity index (χ0v) is 14.4. The van der Waals surface area contributed by atoms with Gasteiger partial charge in [-0.05, 0) is 25.0 Å². The maximum atomic E-state index is 12.7. The molecule has 4 rings (SSSR count). The fourth-order valence-electron chi connectivity index (χ4n) is 3.55. The second-order valence-electron chi connectivity index (χ2n) is 6.74. The second-order valence-corrected chi connectivity index (χ2v) is 6.74. The summed E-state index contributed by atoms with van der Waals surface area (Å²) in [6.45, 7) is 5.25. The first-order valence-corrected chi connectivity index (χ1v) is 9.03. The van der Waals surface area contributed by atoms with Crippen molar-refractivity contribution in [3.63, 3.8) is 0 Å². The number of aromatic nitrogens is 2. The standard InChI is InChI=1S/C19H24N4O2/c24-19(16-13-20-23(14-16)17-5-2-1-3-6-17)22-10-8-21(9-11-22)15-18-7-4-12-25-18/h1-3,5-6,13-14,18H,4,7-12,15H2. The summed E-state index contributed by atoms with van der Waals surface area (Å²) >= 11 is 0. The fourth-order valence-corrected chi connectivity index (χ4v) is 3.55. The van der Waals surface area contributed by atoms with Gasteiger partial charge in [0.1, 0.15) is 0 Å². The Bertz CT molecular complexity index is 701. The minimum Gasteiger partial charge on any atom is -0.377 e. The number of piperazine rings is 1. The van der Waals surface area contributed by atoms with Gasteiger partial charge in [-0.2, -0.15) is 5.10 Å². The highest BCUT2D eigenvalue weighted by molar-refractivity contribution is 5.93. The molecule has 2 aliphatic heterocycles. The smallest absolute Gasteiger partial charge is 0.257 e. The van der Waals surface area contributed by atoms with Crippen molar-refractivity contribution >= 4 is 5.91 Å². The van der Waals surface area contributed by atoms with Crippen LogP contribution in [0.3, 0.4) is 0 Å². The quantitative estimate of drug-likeness (QED) is 0.852. The van der Waals surface area contributed by atoms with Crippen LogP contribution in [0.4, 0.5) is 0 Å². The Morgan fingerprint density at radius 3 is 2.68 bits per heavy atom. The number of benzene rings is 1. The predicted octanol–water partition coefficient (Wildman–Crippen LogP) is 1.81. The molecule has 3 heterocycles. The van der Waals surface area contributed by atoms with Crippen molar-refractivity contribution in [3.8, 4) is 5.69 Å². The van der Waals surface area contributed by atoms with Crippen LogP contribution in [0.2, 0.25) is 0 Å². The van der Waals surface area contributed by atoms with Gasteiger partial charge in [0.15, 0.2) is 0 Å². The van der Waals surface area contributed by atoms with E-state index in [4.69, 9.17) is 4.74 Å². The first kappa shape index (κ1) is 16.3. The maximum absolute atomic E-state index is 12.7. The molecule has 6 heteroatoms. The van der Waals surface area contributed by atoms with Crippen LogP contribution in [-0.4, -0.2) is 70.9 Å². The molecule has 0 N–H and O–H groups in total. The van der Waals surface area contributed by atoms with Crippen molar-refractivity contribution in [3.05, 3.63) is 48.3 Å². The Labute approximate surface area is 148 Å². The summed E-state index contributed by atoms with van der Waals surface area (Å²) in [6, 6.07) is 9.85. The molecule has 0 aliphatic carbocycles. The zero-order valence-electron chi connectivity index (χ0n) is 14.4. The molecule has 25 heavy (non-hydrogen) atoms. The van der Waals surface area contributed by atoms with Crippen molar-refractivity contribution in [2.75, 3.05) is 39.3 Å². The molecular weight excluding hydrogens is 316 g/mol. The van der Waals surface area contributed by atoms with E-state index in [1.165, 1.54) is 6.42 Å². The number of carbonyl (C=O) groups is 1. The lowest BCUT2D eigenvalue weighted by Gasteiger charge is -2.35. The molecule has 1 aromatic carbocycles. The summed E-state index contributed by atoms with van der Waals surface area (Å²) in [5.41, 5.74) is 1.61. The summed E-state index contributed by atoms with van der Waals surface area (Å²) in [7, 11) is 0. The summed E-state index contributed by atoms with van der Waals surface area (Å²) in [5.74, 6) is 0.0685. The molecule has 2 aliphatic rings. The van der Waals surface area contributed by atoms with E-state index >= 15 is 0 Å². The van der Waals surface area contributed by atoms with Gasteiger partial charge < -0.3 is 9.64 Å². The van der Waals surface area contributed by atoms with Crippen molar-refractivity contribution in [1.82, 2.24) is 19.6 Å². The molecule has 1 amide bonds. The number of para-hydroxylation sites is 1. The van der Waals surface area contributed by atoms with Crippen LogP contribution in [-0.2, 0) is 4.74 Å².